The molecule has 1 fully saturated rings. The zero-order valence-electron chi connectivity index (χ0n) is 33.0. The van der Waals surface area contributed by atoms with Crippen molar-refractivity contribution < 1.29 is 52.6 Å². The van der Waals surface area contributed by atoms with Gasteiger partial charge in [-0.25, -0.2) is 4.98 Å². The van der Waals surface area contributed by atoms with Crippen molar-refractivity contribution in [2.45, 2.75) is 58.8 Å². The van der Waals surface area contributed by atoms with Crippen LogP contribution in [0.1, 0.15) is 38.4 Å². The second-order valence-corrected chi connectivity index (χ2v) is 14.7. The molecule has 0 aliphatic carbocycles. The molecular formula is C39H59ClN4O11S. The van der Waals surface area contributed by atoms with E-state index < -0.39 is 35.4 Å². The summed E-state index contributed by atoms with van der Waals surface area (Å²) in [4.78, 5) is 46.7. The van der Waals surface area contributed by atoms with Crippen LogP contribution < -0.4 is 10.6 Å². The summed E-state index contributed by atoms with van der Waals surface area (Å²) < 4.78 is 37.8. The van der Waals surface area contributed by atoms with Gasteiger partial charge in [-0.1, -0.05) is 51.0 Å². The SMILES string of the molecule is C#CCOCCOCCOCCOCCOCCOCCOCC(=O)N[C@H](C(=O)N1C[C@H](O)C[C@H]1C(=O)NCc1ccc(-c2scnc2C)cc1)C(C)(C)C.Cl. The molecule has 314 valence electrons. The predicted octanol–water partition coefficient (Wildman–Crippen LogP) is 2.40. The number of terminal acetylenes is 1. The van der Waals surface area contributed by atoms with Crippen LogP contribution in [-0.2, 0) is 54.1 Å². The molecule has 1 aromatic carbocycles. The third kappa shape index (κ3) is 18.4. The molecule has 17 heteroatoms. The van der Waals surface area contributed by atoms with E-state index in [0.717, 1.165) is 21.7 Å². The van der Waals surface area contributed by atoms with E-state index in [-0.39, 0.29) is 64.3 Å². The third-order valence-electron chi connectivity index (χ3n) is 8.36. The minimum atomic E-state index is -0.952. The highest BCUT2D eigenvalue weighted by Crippen LogP contribution is 2.28. The summed E-state index contributed by atoms with van der Waals surface area (Å²) in [5.74, 6) is 1.10. The number of aryl methyl sites for hydroxylation is 1. The lowest BCUT2D eigenvalue weighted by atomic mass is 9.85. The number of aromatic nitrogens is 1. The van der Waals surface area contributed by atoms with Crippen LogP contribution >= 0.6 is 23.7 Å². The van der Waals surface area contributed by atoms with Crippen molar-refractivity contribution in [3.63, 3.8) is 0 Å². The molecule has 1 aliphatic heterocycles. The Labute approximate surface area is 340 Å². The van der Waals surface area contributed by atoms with Crippen LogP contribution in [0.3, 0.4) is 0 Å². The summed E-state index contributed by atoms with van der Waals surface area (Å²) >= 11 is 1.57. The number of amides is 3. The van der Waals surface area contributed by atoms with Gasteiger partial charge in [-0.3, -0.25) is 14.4 Å². The maximum absolute atomic E-state index is 13.8. The van der Waals surface area contributed by atoms with Crippen molar-refractivity contribution in [3.8, 4) is 22.8 Å². The van der Waals surface area contributed by atoms with Crippen LogP contribution in [0, 0.1) is 24.7 Å². The molecule has 2 aromatic rings. The van der Waals surface area contributed by atoms with Gasteiger partial charge >= 0.3 is 0 Å². The van der Waals surface area contributed by atoms with Gasteiger partial charge in [0.2, 0.25) is 17.7 Å². The summed E-state index contributed by atoms with van der Waals surface area (Å²) in [6, 6.07) is 6.03. The average molecular weight is 827 g/mol. The van der Waals surface area contributed by atoms with Gasteiger partial charge in [0.1, 0.15) is 25.3 Å². The van der Waals surface area contributed by atoms with Crippen molar-refractivity contribution in [1.29, 1.82) is 0 Å². The number of rotatable bonds is 27. The number of benzene rings is 1. The van der Waals surface area contributed by atoms with Crippen molar-refractivity contribution in [3.05, 3.63) is 41.0 Å². The minimum Gasteiger partial charge on any atom is -0.391 e. The Kier molecular flexibility index (Phi) is 24.0. The van der Waals surface area contributed by atoms with E-state index >= 15 is 0 Å². The molecule has 0 bridgehead atoms. The summed E-state index contributed by atoms with van der Waals surface area (Å²) in [7, 11) is 0. The van der Waals surface area contributed by atoms with E-state index in [0.29, 0.717) is 66.1 Å². The number of likely N-dealkylation sites (tertiary alicyclic amines) is 1. The topological polar surface area (TPSA) is 176 Å². The molecule has 1 aliphatic rings. The van der Waals surface area contributed by atoms with Gasteiger partial charge in [0, 0.05) is 19.5 Å². The molecule has 0 radical (unpaired) electrons. The number of nitrogens with one attached hydrogen (secondary N) is 2. The van der Waals surface area contributed by atoms with Gasteiger partial charge in [-0.05, 0) is 23.5 Å². The first-order valence-corrected chi connectivity index (χ1v) is 19.4. The van der Waals surface area contributed by atoms with Crippen LogP contribution in [-0.4, -0.2) is 150 Å². The van der Waals surface area contributed by atoms with E-state index in [2.05, 4.69) is 21.5 Å². The normalized spacial score (nSPS) is 15.9. The number of β-amino-alcohol motifs (C(OH)–C–C–N with tert-alkyl or cyclic N) is 1. The lowest BCUT2D eigenvalue weighted by Crippen LogP contribution is -2.58. The number of carbonyl (C=O) groups excluding carboxylic acids is 3. The molecular weight excluding hydrogens is 768 g/mol. The number of thiazole rings is 1. The molecule has 3 amide bonds. The third-order valence-corrected chi connectivity index (χ3v) is 9.34. The Morgan fingerprint density at radius 3 is 1.89 bits per heavy atom. The average Bonchev–Trinajstić information content (AvgIpc) is 3.78. The first-order chi connectivity index (χ1) is 26.5. The van der Waals surface area contributed by atoms with Crippen molar-refractivity contribution in [2.24, 2.45) is 5.41 Å². The number of ether oxygens (including phenoxy) is 7. The summed E-state index contributed by atoms with van der Waals surface area (Å²) in [5.41, 5.74) is 4.04. The molecule has 15 nitrogen and oxygen atoms in total. The standard InChI is InChI=1S/C39H58N4O11S.ClH/c1-6-11-48-12-13-49-14-15-50-16-17-51-18-19-52-20-21-53-22-23-54-27-34(45)42-36(39(3,4)5)38(47)43-26-32(44)24-33(43)37(46)40-25-30-7-9-31(10-8-30)35-29(2)41-28-55-35;/h1,7-10,28,32-33,36,44H,11-27H2,2-5H3,(H,40,46)(H,42,45);1H/t32-,33+,36-;/m1./s1. The van der Waals surface area contributed by atoms with Crippen molar-refractivity contribution >= 4 is 41.5 Å². The monoisotopic (exact) mass is 826 g/mol. The summed E-state index contributed by atoms with van der Waals surface area (Å²) in [5, 5.41) is 16.2. The Balaban J connectivity index is 0.0000108. The van der Waals surface area contributed by atoms with E-state index in [4.69, 9.17) is 39.6 Å². The molecule has 2 heterocycles. The number of hydrogen-bond donors (Lipinski definition) is 3. The fourth-order valence-electron chi connectivity index (χ4n) is 5.50. The van der Waals surface area contributed by atoms with Crippen molar-refractivity contribution in [2.75, 3.05) is 99.0 Å². The van der Waals surface area contributed by atoms with E-state index in [1.165, 1.54) is 4.90 Å². The fourth-order valence-corrected chi connectivity index (χ4v) is 6.31. The number of halogens is 1. The number of aliphatic hydroxyl groups excluding tert-OH is 1. The van der Waals surface area contributed by atoms with Gasteiger partial charge < -0.3 is 53.8 Å². The Morgan fingerprint density at radius 2 is 1.41 bits per heavy atom. The molecule has 3 atom stereocenters. The molecule has 0 unspecified atom stereocenters. The van der Waals surface area contributed by atoms with Crippen LogP contribution in [0.15, 0.2) is 29.8 Å². The smallest absolute Gasteiger partial charge is 0.246 e. The van der Waals surface area contributed by atoms with Gasteiger partial charge in [0.15, 0.2) is 0 Å². The molecule has 0 spiro atoms. The van der Waals surface area contributed by atoms with E-state index in [1.807, 2.05) is 57.5 Å². The van der Waals surface area contributed by atoms with Crippen molar-refractivity contribution in [1.82, 2.24) is 20.5 Å². The molecule has 1 saturated heterocycles. The lowest BCUT2D eigenvalue weighted by molar-refractivity contribution is -0.144. The second-order valence-electron chi connectivity index (χ2n) is 13.8. The number of carbonyl (C=O) groups is 3. The van der Waals surface area contributed by atoms with Gasteiger partial charge in [-0.2, -0.15) is 0 Å². The van der Waals surface area contributed by atoms with E-state index in [1.54, 1.807) is 11.3 Å². The predicted molar refractivity (Wildman–Crippen MR) is 213 cm³/mol. The highest BCUT2D eigenvalue weighted by molar-refractivity contribution is 7.13. The zero-order valence-corrected chi connectivity index (χ0v) is 34.6. The second kappa shape index (κ2) is 27.4. The Morgan fingerprint density at radius 1 is 0.893 bits per heavy atom. The number of hydrogen-bond acceptors (Lipinski definition) is 13. The maximum Gasteiger partial charge on any atom is 0.246 e. The van der Waals surface area contributed by atoms with E-state index in [9.17, 15) is 19.5 Å². The Hall–Kier alpha value is -3.21. The molecule has 56 heavy (non-hydrogen) atoms. The van der Waals surface area contributed by atoms with Crippen LogP contribution in [0.4, 0.5) is 0 Å². The number of aliphatic hydroxyl groups is 1. The molecule has 0 saturated carbocycles. The van der Waals surface area contributed by atoms with Gasteiger partial charge in [-0.15, -0.1) is 30.2 Å². The molecule has 3 rings (SSSR count). The Bertz CT molecular complexity index is 1470. The first-order valence-electron chi connectivity index (χ1n) is 18.5. The largest absolute Gasteiger partial charge is 0.391 e. The summed E-state index contributed by atoms with van der Waals surface area (Å²) in [6.45, 7) is 12.5. The highest BCUT2D eigenvalue weighted by atomic mass is 35.5. The molecule has 3 N–H and O–H groups in total. The highest BCUT2D eigenvalue weighted by Gasteiger charge is 2.44. The minimum absolute atomic E-state index is 0. The van der Waals surface area contributed by atoms with Gasteiger partial charge in [0.05, 0.1) is 101 Å². The lowest BCUT2D eigenvalue weighted by Gasteiger charge is -2.35. The van der Waals surface area contributed by atoms with Crippen LogP contribution in [0.2, 0.25) is 0 Å². The van der Waals surface area contributed by atoms with Gasteiger partial charge in [0.25, 0.3) is 0 Å². The first kappa shape index (κ1) is 48.9. The molecule has 1 aromatic heterocycles. The quantitative estimate of drug-likeness (QED) is 0.0888. The fraction of sp³-hybridized carbons (Fsp3) is 0.641. The summed E-state index contributed by atoms with van der Waals surface area (Å²) in [6.07, 6.45) is 4.33. The van der Waals surface area contributed by atoms with Crippen LogP contribution in [0.25, 0.3) is 10.4 Å². The number of nitrogens with zero attached hydrogens (tertiary/aromatic N) is 2. The maximum atomic E-state index is 13.8. The zero-order chi connectivity index (χ0) is 39.9. The van der Waals surface area contributed by atoms with Crippen LogP contribution in [0.5, 0.6) is 0 Å².